The molecule has 1 aromatic heterocycles. The molecule has 0 spiro atoms. The lowest BCUT2D eigenvalue weighted by molar-refractivity contribution is 0.583. The summed E-state index contributed by atoms with van der Waals surface area (Å²) in [6.45, 7) is 4.53. The summed E-state index contributed by atoms with van der Waals surface area (Å²) in [4.78, 5) is 7.61. The fourth-order valence-electron chi connectivity index (χ4n) is 2.07. The van der Waals surface area contributed by atoms with Crippen LogP contribution in [0.5, 0.6) is 0 Å². The Kier molecular flexibility index (Phi) is 2.63. The highest BCUT2D eigenvalue weighted by molar-refractivity contribution is 8.00. The third-order valence-corrected chi connectivity index (χ3v) is 4.14. The average Bonchev–Trinajstić information content (AvgIpc) is 2.64. The molecule has 1 aromatic rings. The van der Waals surface area contributed by atoms with E-state index in [2.05, 4.69) is 23.8 Å². The van der Waals surface area contributed by atoms with Crippen LogP contribution in [0.25, 0.3) is 0 Å². The zero-order valence-electron chi connectivity index (χ0n) is 8.21. The number of aromatic nitrogens is 2. The van der Waals surface area contributed by atoms with Gasteiger partial charge in [0.15, 0.2) is 0 Å². The summed E-state index contributed by atoms with van der Waals surface area (Å²) < 4.78 is 0. The minimum absolute atomic E-state index is 0.711. The van der Waals surface area contributed by atoms with E-state index in [1.807, 2.05) is 18.1 Å². The molecule has 0 saturated carbocycles. The standard InChI is InChI=1S/C10H16N2S/c1-3-5-8-7(4-2)9-10(13-8)12-6-11-9/h6-8H,3-5H2,1-2H3,(H,11,12)/t7-,8+/m0/s1. The van der Waals surface area contributed by atoms with Crippen LogP contribution < -0.4 is 0 Å². The summed E-state index contributed by atoms with van der Waals surface area (Å²) in [5.41, 5.74) is 1.38. The zero-order chi connectivity index (χ0) is 9.26. The van der Waals surface area contributed by atoms with Gasteiger partial charge in [-0.3, -0.25) is 0 Å². The summed E-state index contributed by atoms with van der Waals surface area (Å²) >= 11 is 1.96. The molecule has 0 bridgehead atoms. The van der Waals surface area contributed by atoms with E-state index in [4.69, 9.17) is 0 Å². The summed E-state index contributed by atoms with van der Waals surface area (Å²) in [6.07, 6.45) is 5.64. The van der Waals surface area contributed by atoms with E-state index in [1.54, 1.807) is 0 Å². The van der Waals surface area contributed by atoms with Gasteiger partial charge in [0.2, 0.25) is 0 Å². The molecule has 0 aromatic carbocycles. The fourth-order valence-corrected chi connectivity index (χ4v) is 3.66. The Labute approximate surface area is 83.5 Å². The van der Waals surface area contributed by atoms with E-state index in [-0.39, 0.29) is 0 Å². The zero-order valence-corrected chi connectivity index (χ0v) is 9.03. The lowest BCUT2D eigenvalue weighted by Gasteiger charge is -2.15. The van der Waals surface area contributed by atoms with E-state index < -0.39 is 0 Å². The minimum Gasteiger partial charge on any atom is -0.347 e. The van der Waals surface area contributed by atoms with E-state index in [1.165, 1.54) is 30.0 Å². The topological polar surface area (TPSA) is 28.7 Å². The summed E-state index contributed by atoms with van der Waals surface area (Å²) in [7, 11) is 0. The van der Waals surface area contributed by atoms with Crippen molar-refractivity contribution in [3.63, 3.8) is 0 Å². The molecule has 2 atom stereocenters. The van der Waals surface area contributed by atoms with E-state index >= 15 is 0 Å². The molecule has 0 fully saturated rings. The summed E-state index contributed by atoms with van der Waals surface area (Å²) in [5, 5.41) is 2.01. The van der Waals surface area contributed by atoms with Gasteiger partial charge in [-0.05, 0) is 12.8 Å². The predicted molar refractivity (Wildman–Crippen MR) is 56.2 cm³/mol. The second kappa shape index (κ2) is 3.74. The van der Waals surface area contributed by atoms with E-state index in [0.29, 0.717) is 5.92 Å². The van der Waals surface area contributed by atoms with Crippen LogP contribution in [0.1, 0.15) is 44.7 Å². The van der Waals surface area contributed by atoms with Crippen LogP contribution >= 0.6 is 11.8 Å². The molecule has 2 heterocycles. The van der Waals surface area contributed by atoms with Crippen molar-refractivity contribution < 1.29 is 0 Å². The Hall–Kier alpha value is -0.440. The number of rotatable bonds is 3. The van der Waals surface area contributed by atoms with Gasteiger partial charge in [0.25, 0.3) is 0 Å². The third-order valence-electron chi connectivity index (χ3n) is 2.73. The molecule has 0 aliphatic carbocycles. The van der Waals surface area contributed by atoms with Gasteiger partial charge in [0.05, 0.1) is 12.0 Å². The highest BCUT2D eigenvalue weighted by Crippen LogP contribution is 2.46. The number of nitrogens with zero attached hydrogens (tertiary/aromatic N) is 1. The molecular weight excluding hydrogens is 180 g/mol. The first kappa shape index (κ1) is 9.13. The van der Waals surface area contributed by atoms with Crippen LogP contribution in [0.3, 0.4) is 0 Å². The maximum atomic E-state index is 4.33. The molecule has 2 rings (SSSR count). The van der Waals surface area contributed by atoms with Crippen molar-refractivity contribution in [2.75, 3.05) is 0 Å². The van der Waals surface area contributed by atoms with Crippen LogP contribution in [-0.2, 0) is 0 Å². The molecular formula is C10H16N2S. The summed E-state index contributed by atoms with van der Waals surface area (Å²) in [5.74, 6) is 0.711. The van der Waals surface area contributed by atoms with Gasteiger partial charge in [-0.2, -0.15) is 0 Å². The van der Waals surface area contributed by atoms with E-state index in [0.717, 1.165) is 5.25 Å². The highest BCUT2D eigenvalue weighted by Gasteiger charge is 2.33. The maximum Gasteiger partial charge on any atom is 0.118 e. The van der Waals surface area contributed by atoms with Crippen LogP contribution in [0.4, 0.5) is 0 Å². The lowest BCUT2D eigenvalue weighted by Crippen LogP contribution is -2.09. The molecule has 72 valence electrons. The second-order valence-electron chi connectivity index (χ2n) is 3.58. The Balaban J connectivity index is 2.17. The molecule has 0 amide bonds. The normalized spacial score (nSPS) is 26.3. The Bertz CT molecular complexity index is 282. The Morgan fingerprint density at radius 1 is 1.54 bits per heavy atom. The molecule has 2 nitrogen and oxygen atoms in total. The number of imidazole rings is 1. The van der Waals surface area contributed by atoms with Crippen LogP contribution in [-0.4, -0.2) is 15.2 Å². The van der Waals surface area contributed by atoms with Gasteiger partial charge in [-0.25, -0.2) is 4.98 Å². The van der Waals surface area contributed by atoms with Crippen molar-refractivity contribution in [3.05, 3.63) is 12.0 Å². The number of hydrogen-bond donors (Lipinski definition) is 1. The quantitative estimate of drug-likeness (QED) is 0.804. The van der Waals surface area contributed by atoms with Crippen LogP contribution in [0.2, 0.25) is 0 Å². The van der Waals surface area contributed by atoms with Crippen molar-refractivity contribution in [3.8, 4) is 0 Å². The highest BCUT2D eigenvalue weighted by atomic mass is 32.2. The Morgan fingerprint density at radius 3 is 3.08 bits per heavy atom. The van der Waals surface area contributed by atoms with E-state index in [9.17, 15) is 0 Å². The smallest absolute Gasteiger partial charge is 0.118 e. The van der Waals surface area contributed by atoms with Gasteiger partial charge in [0.1, 0.15) is 5.03 Å². The third kappa shape index (κ3) is 1.50. The monoisotopic (exact) mass is 196 g/mol. The molecule has 0 radical (unpaired) electrons. The number of thioether (sulfide) groups is 1. The van der Waals surface area contributed by atoms with Gasteiger partial charge >= 0.3 is 0 Å². The van der Waals surface area contributed by atoms with Crippen molar-refractivity contribution >= 4 is 11.8 Å². The number of nitrogens with one attached hydrogen (secondary N) is 1. The molecule has 1 aliphatic rings. The number of H-pyrrole nitrogens is 1. The Morgan fingerprint density at radius 2 is 2.38 bits per heavy atom. The fraction of sp³-hybridized carbons (Fsp3) is 0.700. The van der Waals surface area contributed by atoms with Gasteiger partial charge in [-0.15, -0.1) is 11.8 Å². The van der Waals surface area contributed by atoms with Gasteiger partial charge in [-0.1, -0.05) is 20.3 Å². The van der Waals surface area contributed by atoms with Gasteiger partial charge in [0, 0.05) is 11.2 Å². The SMILES string of the molecule is CCC[C@H]1Sc2nc[nH]c2[C@H]1CC. The van der Waals surface area contributed by atoms with Crippen molar-refractivity contribution in [2.45, 2.75) is 49.3 Å². The molecule has 0 unspecified atom stereocenters. The second-order valence-corrected chi connectivity index (χ2v) is 4.81. The van der Waals surface area contributed by atoms with Crippen LogP contribution in [0, 0.1) is 0 Å². The van der Waals surface area contributed by atoms with Crippen molar-refractivity contribution in [1.29, 1.82) is 0 Å². The number of fused-ring (bicyclic) bond motifs is 1. The minimum atomic E-state index is 0.711. The number of aromatic amines is 1. The number of hydrogen-bond acceptors (Lipinski definition) is 2. The van der Waals surface area contributed by atoms with Crippen LogP contribution in [0.15, 0.2) is 11.4 Å². The molecule has 3 heteroatoms. The predicted octanol–water partition coefficient (Wildman–Crippen LogP) is 3.18. The maximum absolute atomic E-state index is 4.33. The first-order valence-electron chi connectivity index (χ1n) is 5.06. The average molecular weight is 196 g/mol. The summed E-state index contributed by atoms with van der Waals surface area (Å²) in [6, 6.07) is 0. The first-order chi connectivity index (χ1) is 6.36. The molecule has 1 aliphatic heterocycles. The largest absolute Gasteiger partial charge is 0.347 e. The first-order valence-corrected chi connectivity index (χ1v) is 5.94. The van der Waals surface area contributed by atoms with Crippen molar-refractivity contribution in [1.82, 2.24) is 9.97 Å². The molecule has 13 heavy (non-hydrogen) atoms. The molecule has 1 N–H and O–H groups in total. The lowest BCUT2D eigenvalue weighted by atomic mass is 9.96. The van der Waals surface area contributed by atoms with Crippen molar-refractivity contribution in [2.24, 2.45) is 0 Å². The molecule has 0 saturated heterocycles. The van der Waals surface area contributed by atoms with Gasteiger partial charge < -0.3 is 4.98 Å².